The second-order valence-corrected chi connectivity index (χ2v) is 13.5. The molecule has 12 rings (SSSR count). The molecule has 6 heteroatoms. The Hall–Kier alpha value is -7.83. The third kappa shape index (κ3) is 4.94. The lowest BCUT2D eigenvalue weighted by atomic mass is 9.97. The number of furan rings is 2. The highest BCUT2D eigenvalue weighted by Crippen LogP contribution is 2.41. The number of hydrogen-bond acceptors (Lipinski definition) is 5. The van der Waals surface area contributed by atoms with Gasteiger partial charge in [-0.2, -0.15) is 0 Å². The molecule has 4 aromatic heterocycles. The second kappa shape index (κ2) is 12.3. The average molecular weight is 743 g/mol. The van der Waals surface area contributed by atoms with Crippen LogP contribution >= 0.6 is 0 Å². The maximum atomic E-state index is 9.74. The number of nitrogens with zero attached hydrogens (tertiary/aromatic N) is 4. The van der Waals surface area contributed by atoms with Crippen molar-refractivity contribution < 1.29 is 25.3 Å². The van der Waals surface area contributed by atoms with Crippen LogP contribution in [-0.4, -0.2) is 19.5 Å². The van der Waals surface area contributed by atoms with E-state index >= 15 is 0 Å². The Bertz CT molecular complexity index is 4230. The molecule has 57 heavy (non-hydrogen) atoms. The van der Waals surface area contributed by atoms with E-state index in [1.54, 1.807) is 0 Å². The molecule has 0 aliphatic heterocycles. The first-order chi connectivity index (χ1) is 33.2. The molecule has 0 saturated carbocycles. The highest BCUT2D eigenvalue weighted by Gasteiger charge is 2.21. The van der Waals surface area contributed by atoms with E-state index in [1.165, 1.54) is 16.7 Å². The Morgan fingerprint density at radius 3 is 1.96 bits per heavy atom. The van der Waals surface area contributed by atoms with Gasteiger partial charge < -0.3 is 13.4 Å². The zero-order valence-electron chi connectivity index (χ0n) is 41.5. The molecule has 0 fully saturated rings. The van der Waals surface area contributed by atoms with Crippen LogP contribution in [0.3, 0.4) is 0 Å². The predicted molar refractivity (Wildman–Crippen MR) is 230 cm³/mol. The van der Waals surface area contributed by atoms with Gasteiger partial charge in [-0.05, 0) is 59.6 Å². The highest BCUT2D eigenvalue weighted by atomic mass is 16.3. The van der Waals surface area contributed by atoms with Crippen molar-refractivity contribution in [3.8, 4) is 51.0 Å². The summed E-state index contributed by atoms with van der Waals surface area (Å²) in [6, 6.07) is 27.3. The summed E-state index contributed by atoms with van der Waals surface area (Å²) in [6.45, 7) is 0. The van der Waals surface area contributed by atoms with Gasteiger partial charge in [-0.15, -0.1) is 0 Å². The molecule has 4 heterocycles. The molecule has 0 N–H and O–H groups in total. The van der Waals surface area contributed by atoms with Crippen LogP contribution in [0.5, 0.6) is 0 Å². The fraction of sp³-hybridized carbons (Fsp3) is 0. The van der Waals surface area contributed by atoms with E-state index in [1.807, 2.05) is 97.1 Å². The quantitative estimate of drug-likeness (QED) is 0.176. The molecule has 0 aliphatic carbocycles. The Balaban J connectivity index is 1.15. The first-order valence-electron chi connectivity index (χ1n) is 24.0. The molecule has 0 saturated heterocycles. The van der Waals surface area contributed by atoms with Crippen molar-refractivity contribution in [3.05, 3.63) is 182 Å². The first-order valence-corrected chi connectivity index (χ1v) is 18.0. The summed E-state index contributed by atoms with van der Waals surface area (Å²) < 4.78 is 122. The van der Waals surface area contributed by atoms with Crippen LogP contribution in [-0.2, 0) is 0 Å². The van der Waals surface area contributed by atoms with Crippen molar-refractivity contribution in [3.63, 3.8) is 0 Å². The molecule has 0 atom stereocenters. The Morgan fingerprint density at radius 2 is 1.12 bits per heavy atom. The zero-order chi connectivity index (χ0) is 47.9. The van der Waals surface area contributed by atoms with E-state index in [4.69, 9.17) is 36.1 Å². The number of fused-ring (bicyclic) bond motifs is 9. The maximum absolute atomic E-state index is 9.74. The van der Waals surface area contributed by atoms with Crippen LogP contribution in [0.4, 0.5) is 0 Å². The van der Waals surface area contributed by atoms with Crippen molar-refractivity contribution in [1.29, 1.82) is 0 Å². The number of para-hydroxylation sites is 4. The van der Waals surface area contributed by atoms with Gasteiger partial charge in [0, 0.05) is 49.0 Å². The molecule has 6 nitrogen and oxygen atoms in total. The molecule has 0 aliphatic rings. The number of hydrogen-bond donors (Lipinski definition) is 0. The van der Waals surface area contributed by atoms with Gasteiger partial charge in [-0.3, -0.25) is 0 Å². The van der Waals surface area contributed by atoms with Gasteiger partial charge in [0.1, 0.15) is 16.7 Å². The Kier molecular flexibility index (Phi) is 4.74. The van der Waals surface area contributed by atoms with Gasteiger partial charge in [0.25, 0.3) is 0 Å². The van der Waals surface area contributed by atoms with E-state index in [9.17, 15) is 4.11 Å². The normalized spacial score (nSPS) is 14.8. The van der Waals surface area contributed by atoms with Crippen LogP contribution in [0.15, 0.2) is 191 Å². The molecule has 0 radical (unpaired) electrons. The minimum absolute atomic E-state index is 0.0309. The van der Waals surface area contributed by atoms with E-state index in [-0.39, 0.29) is 78.5 Å². The van der Waals surface area contributed by atoms with Gasteiger partial charge in [0.2, 0.25) is 0 Å². The van der Waals surface area contributed by atoms with Gasteiger partial charge in [-0.25, -0.2) is 15.0 Å². The van der Waals surface area contributed by atoms with Crippen molar-refractivity contribution in [2.45, 2.75) is 0 Å². The van der Waals surface area contributed by atoms with Gasteiger partial charge in [0.05, 0.1) is 33.2 Å². The summed E-state index contributed by atoms with van der Waals surface area (Å²) in [5, 5.41) is 1.40. The van der Waals surface area contributed by atoms with Crippen LogP contribution in [0, 0.1) is 0 Å². The molecule has 0 spiro atoms. The highest BCUT2D eigenvalue weighted by molar-refractivity contribution is 6.14. The second-order valence-electron chi connectivity index (χ2n) is 13.5. The van der Waals surface area contributed by atoms with Gasteiger partial charge in [0.15, 0.2) is 23.1 Å². The van der Waals surface area contributed by atoms with Crippen molar-refractivity contribution in [2.24, 2.45) is 0 Å². The SMILES string of the molecule is [2H]c1cc2c(c([2H])c1[2H])c1c([2H])c([2H])c([2H])c([2H])c1n2-c1cc([2H])c([2H])c2c1oc1c([2H])c(-c3nc(-c4ccccc4)nc(-c4cc(-c5ccccc5)c5c(c4)oc4ccccc45)n3)c([2H])c([2H])c12. The lowest BCUT2D eigenvalue weighted by molar-refractivity contribution is 0.666. The van der Waals surface area contributed by atoms with Crippen molar-refractivity contribution >= 4 is 65.7 Å². The van der Waals surface area contributed by atoms with Crippen molar-refractivity contribution in [2.75, 3.05) is 0 Å². The topological polar surface area (TPSA) is 69.9 Å². The number of rotatable bonds is 5. The van der Waals surface area contributed by atoms with Gasteiger partial charge >= 0.3 is 0 Å². The summed E-state index contributed by atoms with van der Waals surface area (Å²) >= 11 is 0. The molecule has 12 aromatic rings. The lowest BCUT2D eigenvalue weighted by Crippen LogP contribution is -2.00. The fourth-order valence-electron chi connectivity index (χ4n) is 7.62. The zero-order valence-corrected chi connectivity index (χ0v) is 29.5. The van der Waals surface area contributed by atoms with Crippen LogP contribution in [0.1, 0.15) is 16.4 Å². The van der Waals surface area contributed by atoms with E-state index in [0.717, 1.165) is 21.9 Å². The van der Waals surface area contributed by atoms with E-state index in [0.29, 0.717) is 22.3 Å². The minimum atomic E-state index is -0.602. The summed E-state index contributed by atoms with van der Waals surface area (Å²) in [5.41, 5.74) is 3.38. The predicted octanol–water partition coefficient (Wildman–Crippen LogP) is 13.4. The van der Waals surface area contributed by atoms with E-state index < -0.39 is 66.5 Å². The fourth-order valence-corrected chi connectivity index (χ4v) is 7.62. The molecule has 266 valence electrons. The monoisotopic (exact) mass is 742 g/mol. The Morgan fingerprint density at radius 1 is 0.439 bits per heavy atom. The number of benzene rings is 8. The lowest BCUT2D eigenvalue weighted by Gasteiger charge is -2.11. The third-order valence-electron chi connectivity index (χ3n) is 10.2. The average Bonchev–Trinajstić information content (AvgIpc) is 4.06. The third-order valence-corrected chi connectivity index (χ3v) is 10.2. The molecule has 8 aromatic carbocycles. The van der Waals surface area contributed by atoms with Crippen LogP contribution in [0.25, 0.3) is 117 Å². The summed E-state index contributed by atoms with van der Waals surface area (Å²) in [7, 11) is 0. The van der Waals surface area contributed by atoms with Crippen LogP contribution < -0.4 is 0 Å². The summed E-state index contributed by atoms with van der Waals surface area (Å²) in [4.78, 5) is 14.7. The molecule has 0 unspecified atom stereocenters. The maximum Gasteiger partial charge on any atom is 0.164 e. The summed E-state index contributed by atoms with van der Waals surface area (Å²) in [5.74, 6) is 0.261. The largest absolute Gasteiger partial charge is 0.456 e. The van der Waals surface area contributed by atoms with Crippen molar-refractivity contribution in [1.82, 2.24) is 19.5 Å². The molecule has 0 bridgehead atoms. The molecular formula is C51H30N4O2. The van der Waals surface area contributed by atoms with Crippen LogP contribution in [0.2, 0.25) is 0 Å². The molecular weight excluding hydrogens is 701 g/mol. The van der Waals surface area contributed by atoms with Gasteiger partial charge in [-0.1, -0.05) is 133 Å². The number of aromatic nitrogens is 4. The smallest absolute Gasteiger partial charge is 0.164 e. The summed E-state index contributed by atoms with van der Waals surface area (Å²) in [6.07, 6.45) is 0. The standard InChI is InChI=1S/C51H30N4O2/c1-3-14-31(15-4-1)40-28-34(30-46-47(40)39-20-9-12-25-44(39)56-46)51-53-49(32-16-5-2-6-17-32)52-50(54-51)33-26-27-37-38-21-13-24-43(48(38)57-45(37)29-33)55-41-22-10-7-18-35(41)36-19-8-11-23-42(36)55/h1-30H/i7D,8D,10D,11D,13D,18D,19D,21D,22D,26D,27D,29D. The minimum Gasteiger partial charge on any atom is -0.456 e. The van der Waals surface area contributed by atoms with E-state index in [2.05, 4.69) is 0 Å². The first kappa shape index (κ1) is 21.9. The Labute approximate surface area is 342 Å². The molecule has 0 amide bonds.